The number of hydrogen-bond donors (Lipinski definition) is 2. The van der Waals surface area contributed by atoms with Crippen molar-refractivity contribution in [3.8, 4) is 11.5 Å². The molecular weight excluding hydrogens is 447 g/mol. The number of halogens is 3. The van der Waals surface area contributed by atoms with Crippen LogP contribution in [-0.4, -0.2) is 29.4 Å². The van der Waals surface area contributed by atoms with Crippen molar-refractivity contribution in [2.75, 3.05) is 13.8 Å². The molecule has 0 saturated heterocycles. The number of fused-ring (bicyclic) bond motifs is 1. The zero-order valence-electron chi connectivity index (χ0n) is 13.4. The van der Waals surface area contributed by atoms with Crippen LogP contribution in [0.1, 0.15) is 17.9 Å². The minimum absolute atomic E-state index is 0. The van der Waals surface area contributed by atoms with Crippen LogP contribution < -0.4 is 20.1 Å². The van der Waals surface area contributed by atoms with Gasteiger partial charge in [0.15, 0.2) is 17.5 Å². The highest BCUT2D eigenvalue weighted by atomic mass is 127. The molecule has 0 aliphatic carbocycles. The number of nitrogens with zero attached hydrogens (tertiary/aromatic N) is 3. The lowest BCUT2D eigenvalue weighted by atomic mass is 10.2. The third-order valence-electron chi connectivity index (χ3n) is 3.49. The number of aliphatic imine (C=N–C) groups is 1. The molecular formula is C15H18F2IN5O2. The highest BCUT2D eigenvalue weighted by Crippen LogP contribution is 2.32. The largest absolute Gasteiger partial charge is 0.454 e. The lowest BCUT2D eigenvalue weighted by molar-refractivity contribution is 0.0668. The summed E-state index contributed by atoms with van der Waals surface area (Å²) >= 11 is 0. The number of imidazole rings is 1. The second kappa shape index (κ2) is 8.83. The Balaban J connectivity index is 0.00000225. The van der Waals surface area contributed by atoms with E-state index in [0.29, 0.717) is 18.3 Å². The summed E-state index contributed by atoms with van der Waals surface area (Å²) in [6.45, 7) is -1.75. The molecule has 0 saturated carbocycles. The zero-order valence-corrected chi connectivity index (χ0v) is 15.7. The molecule has 2 heterocycles. The first kappa shape index (κ1) is 19.2. The van der Waals surface area contributed by atoms with E-state index in [9.17, 15) is 8.78 Å². The third-order valence-corrected chi connectivity index (χ3v) is 3.49. The Morgan fingerprint density at radius 2 is 2.04 bits per heavy atom. The molecule has 136 valence electrons. The molecule has 0 unspecified atom stereocenters. The minimum Gasteiger partial charge on any atom is -0.454 e. The van der Waals surface area contributed by atoms with Gasteiger partial charge in [0.25, 0.3) is 0 Å². The Morgan fingerprint density at radius 1 is 1.28 bits per heavy atom. The quantitative estimate of drug-likeness (QED) is 0.404. The Kier molecular flexibility index (Phi) is 6.79. The third kappa shape index (κ3) is 4.71. The van der Waals surface area contributed by atoms with Gasteiger partial charge in [-0.3, -0.25) is 9.56 Å². The average Bonchev–Trinajstić information content (AvgIpc) is 3.23. The van der Waals surface area contributed by atoms with Gasteiger partial charge in [0.1, 0.15) is 5.82 Å². The molecule has 0 atom stereocenters. The second-order valence-corrected chi connectivity index (χ2v) is 5.00. The summed E-state index contributed by atoms with van der Waals surface area (Å²) in [6.07, 6.45) is 2.58. The van der Waals surface area contributed by atoms with Crippen LogP contribution in [-0.2, 0) is 13.1 Å². The van der Waals surface area contributed by atoms with E-state index < -0.39 is 6.55 Å². The summed E-state index contributed by atoms with van der Waals surface area (Å²) < 4.78 is 36.9. The van der Waals surface area contributed by atoms with Gasteiger partial charge >= 0.3 is 6.55 Å². The van der Waals surface area contributed by atoms with Crippen LogP contribution >= 0.6 is 24.0 Å². The number of benzene rings is 1. The Hall–Kier alpha value is -2.11. The molecule has 1 aliphatic heterocycles. The lowest BCUT2D eigenvalue weighted by Gasteiger charge is -2.13. The first-order valence-electron chi connectivity index (χ1n) is 7.30. The fraction of sp³-hybridized carbons (Fsp3) is 0.333. The highest BCUT2D eigenvalue weighted by molar-refractivity contribution is 14.0. The molecule has 0 amide bonds. The van der Waals surface area contributed by atoms with E-state index in [-0.39, 0.29) is 43.1 Å². The van der Waals surface area contributed by atoms with Crippen LogP contribution in [0.4, 0.5) is 8.78 Å². The van der Waals surface area contributed by atoms with E-state index >= 15 is 0 Å². The van der Waals surface area contributed by atoms with Crippen LogP contribution in [0.25, 0.3) is 0 Å². The molecule has 0 bridgehead atoms. The highest BCUT2D eigenvalue weighted by Gasteiger charge is 2.14. The molecule has 10 heteroatoms. The van der Waals surface area contributed by atoms with Crippen molar-refractivity contribution in [2.45, 2.75) is 19.6 Å². The standard InChI is InChI=1S/C15H17F2N5O2.HI/c1-18-15(21-8-13-19-4-5-22(13)14(16)17)20-7-10-2-3-11-12(6-10)24-9-23-11;/h2-6,14H,7-9H2,1H3,(H2,18,20,21);1H. The molecule has 2 N–H and O–H groups in total. The fourth-order valence-electron chi connectivity index (χ4n) is 2.28. The SMILES string of the molecule is CN=C(NCc1ccc2c(c1)OCO2)NCc1nccn1C(F)F.I. The number of guanidine groups is 1. The molecule has 0 spiro atoms. The zero-order chi connectivity index (χ0) is 16.9. The van der Waals surface area contributed by atoms with E-state index in [1.54, 1.807) is 7.05 Å². The van der Waals surface area contributed by atoms with Gasteiger partial charge in [-0.2, -0.15) is 8.78 Å². The summed E-state index contributed by atoms with van der Waals surface area (Å²) in [4.78, 5) is 7.97. The molecule has 0 fully saturated rings. The van der Waals surface area contributed by atoms with E-state index in [0.717, 1.165) is 15.9 Å². The van der Waals surface area contributed by atoms with E-state index in [4.69, 9.17) is 9.47 Å². The summed E-state index contributed by atoms with van der Waals surface area (Å²) in [7, 11) is 1.61. The molecule has 0 radical (unpaired) electrons. The van der Waals surface area contributed by atoms with Crippen LogP contribution in [0.15, 0.2) is 35.6 Å². The van der Waals surface area contributed by atoms with Crippen molar-refractivity contribution in [2.24, 2.45) is 4.99 Å². The number of nitrogens with one attached hydrogen (secondary N) is 2. The predicted octanol–water partition coefficient (Wildman–Crippen LogP) is 2.49. The molecule has 2 aromatic rings. The predicted molar refractivity (Wildman–Crippen MR) is 98.5 cm³/mol. The summed E-state index contributed by atoms with van der Waals surface area (Å²) in [6, 6.07) is 5.64. The van der Waals surface area contributed by atoms with E-state index in [2.05, 4.69) is 20.6 Å². The molecule has 1 aromatic carbocycles. The van der Waals surface area contributed by atoms with Crippen LogP contribution in [0, 0.1) is 0 Å². The van der Waals surface area contributed by atoms with Gasteiger partial charge in [-0.05, 0) is 17.7 Å². The maximum absolute atomic E-state index is 12.8. The number of hydrogen-bond acceptors (Lipinski definition) is 4. The van der Waals surface area contributed by atoms with Crippen molar-refractivity contribution in [3.63, 3.8) is 0 Å². The van der Waals surface area contributed by atoms with Crippen LogP contribution in [0.5, 0.6) is 11.5 Å². The monoisotopic (exact) mass is 465 g/mol. The van der Waals surface area contributed by atoms with Crippen LogP contribution in [0.3, 0.4) is 0 Å². The number of aromatic nitrogens is 2. The van der Waals surface area contributed by atoms with Gasteiger partial charge in [0, 0.05) is 26.0 Å². The van der Waals surface area contributed by atoms with E-state index in [1.165, 1.54) is 12.4 Å². The van der Waals surface area contributed by atoms with Crippen molar-refractivity contribution < 1.29 is 18.3 Å². The Labute approximate surface area is 160 Å². The second-order valence-electron chi connectivity index (χ2n) is 5.00. The molecule has 1 aliphatic rings. The molecule has 25 heavy (non-hydrogen) atoms. The summed E-state index contributed by atoms with van der Waals surface area (Å²) in [5, 5.41) is 6.06. The molecule has 1 aromatic heterocycles. The first-order valence-corrected chi connectivity index (χ1v) is 7.30. The van der Waals surface area contributed by atoms with Gasteiger partial charge in [0.05, 0.1) is 6.54 Å². The first-order chi connectivity index (χ1) is 11.7. The summed E-state index contributed by atoms with van der Waals surface area (Å²) in [5.74, 6) is 2.14. The number of rotatable bonds is 5. The van der Waals surface area contributed by atoms with Gasteiger partial charge in [-0.25, -0.2) is 4.98 Å². The van der Waals surface area contributed by atoms with Crippen molar-refractivity contribution in [1.29, 1.82) is 0 Å². The summed E-state index contributed by atoms with van der Waals surface area (Å²) in [5.41, 5.74) is 0.983. The number of ether oxygens (including phenoxy) is 2. The van der Waals surface area contributed by atoms with Gasteiger partial charge in [0.2, 0.25) is 6.79 Å². The maximum Gasteiger partial charge on any atom is 0.319 e. The smallest absolute Gasteiger partial charge is 0.319 e. The van der Waals surface area contributed by atoms with Crippen molar-refractivity contribution in [3.05, 3.63) is 42.0 Å². The maximum atomic E-state index is 12.8. The molecule has 3 rings (SSSR count). The van der Waals surface area contributed by atoms with E-state index in [1.807, 2.05) is 18.2 Å². The Morgan fingerprint density at radius 3 is 2.80 bits per heavy atom. The van der Waals surface area contributed by atoms with Crippen molar-refractivity contribution >= 4 is 29.9 Å². The molecule has 7 nitrogen and oxygen atoms in total. The lowest BCUT2D eigenvalue weighted by Crippen LogP contribution is -2.37. The van der Waals surface area contributed by atoms with Gasteiger partial charge in [-0.1, -0.05) is 6.07 Å². The minimum atomic E-state index is -2.62. The number of alkyl halides is 2. The van der Waals surface area contributed by atoms with Gasteiger partial charge < -0.3 is 20.1 Å². The Bertz CT molecular complexity index is 738. The fourth-order valence-corrected chi connectivity index (χ4v) is 2.28. The van der Waals surface area contributed by atoms with Crippen LogP contribution in [0.2, 0.25) is 0 Å². The van der Waals surface area contributed by atoms with Gasteiger partial charge in [-0.15, -0.1) is 24.0 Å². The normalized spacial score (nSPS) is 12.9. The average molecular weight is 465 g/mol. The van der Waals surface area contributed by atoms with Crippen molar-refractivity contribution in [1.82, 2.24) is 20.2 Å². The topological polar surface area (TPSA) is 72.7 Å².